The molecule has 2 aromatic carbocycles. The molecular weight excluding hydrogens is 422 g/mol. The molecule has 0 aliphatic carbocycles. The van der Waals surface area contributed by atoms with Crippen LogP contribution < -0.4 is 10.1 Å². The largest absolute Gasteiger partial charge is 0.483 e. The molecule has 1 aromatic heterocycles. The van der Waals surface area contributed by atoms with E-state index in [4.69, 9.17) is 4.74 Å². The lowest BCUT2D eigenvalue weighted by molar-refractivity contribution is -0.118. The van der Waals surface area contributed by atoms with Crippen LogP contribution in [-0.4, -0.2) is 31.1 Å². The molecule has 7 nitrogen and oxygen atoms in total. The molecule has 0 saturated carbocycles. The first-order chi connectivity index (χ1) is 14.2. The van der Waals surface area contributed by atoms with Crippen molar-refractivity contribution in [3.63, 3.8) is 0 Å². The van der Waals surface area contributed by atoms with Crippen LogP contribution in [0.5, 0.6) is 5.75 Å². The van der Waals surface area contributed by atoms with Gasteiger partial charge in [-0.25, -0.2) is 8.42 Å². The highest BCUT2D eigenvalue weighted by Crippen LogP contribution is 2.28. The van der Waals surface area contributed by atoms with Gasteiger partial charge in [-0.15, -0.1) is 10.2 Å². The number of benzene rings is 2. The Hall–Kier alpha value is -2.78. The maximum absolute atomic E-state index is 12.5. The van der Waals surface area contributed by atoms with Gasteiger partial charge < -0.3 is 4.74 Å². The molecule has 1 heterocycles. The number of sulfone groups is 1. The average Bonchev–Trinajstić information content (AvgIpc) is 3.16. The number of carbonyl (C=O) groups is 1. The van der Waals surface area contributed by atoms with Crippen molar-refractivity contribution < 1.29 is 17.9 Å². The van der Waals surface area contributed by atoms with Crippen LogP contribution in [0.2, 0.25) is 0 Å². The summed E-state index contributed by atoms with van der Waals surface area (Å²) in [5, 5.41) is 10.2. The van der Waals surface area contributed by atoms with E-state index in [1.54, 1.807) is 24.3 Å². The van der Waals surface area contributed by atoms with Crippen LogP contribution in [-0.2, 0) is 20.4 Å². The Kier molecular flexibility index (Phi) is 6.84. The van der Waals surface area contributed by atoms with Crippen LogP contribution in [0.4, 0.5) is 5.13 Å². The highest BCUT2D eigenvalue weighted by atomic mass is 32.2. The molecule has 1 amide bonds. The monoisotopic (exact) mass is 445 g/mol. The minimum Gasteiger partial charge on any atom is -0.483 e. The highest BCUT2D eigenvalue weighted by molar-refractivity contribution is 7.92. The summed E-state index contributed by atoms with van der Waals surface area (Å²) >= 11 is 0.822. The number of anilines is 1. The van der Waals surface area contributed by atoms with Crippen LogP contribution in [0.25, 0.3) is 0 Å². The predicted molar refractivity (Wildman–Crippen MR) is 117 cm³/mol. The number of hydrogen-bond donors (Lipinski definition) is 1. The van der Waals surface area contributed by atoms with Gasteiger partial charge in [-0.2, -0.15) is 0 Å². The summed E-state index contributed by atoms with van der Waals surface area (Å²) in [6.45, 7) is 5.84. The van der Waals surface area contributed by atoms with Crippen molar-refractivity contribution in [1.29, 1.82) is 0 Å². The van der Waals surface area contributed by atoms with Crippen molar-refractivity contribution >= 4 is 32.2 Å². The Labute approximate surface area is 180 Å². The number of aryl methyl sites for hydroxylation is 1. The van der Waals surface area contributed by atoms with E-state index in [2.05, 4.69) is 29.4 Å². The fraction of sp³-hybridized carbons (Fsp3) is 0.286. The van der Waals surface area contributed by atoms with Gasteiger partial charge in [-0.3, -0.25) is 10.1 Å². The second-order valence-electron chi connectivity index (χ2n) is 7.15. The zero-order valence-electron chi connectivity index (χ0n) is 17.0. The number of hydrogen-bond acceptors (Lipinski definition) is 7. The summed E-state index contributed by atoms with van der Waals surface area (Å²) in [7, 11) is -3.64. The van der Waals surface area contributed by atoms with Gasteiger partial charge in [-0.1, -0.05) is 67.6 Å². The summed E-state index contributed by atoms with van der Waals surface area (Å²) in [4.78, 5) is 12.3. The lowest BCUT2D eigenvalue weighted by atomic mass is 10.0. The Morgan fingerprint density at radius 1 is 1.13 bits per heavy atom. The zero-order valence-corrected chi connectivity index (χ0v) is 18.6. The van der Waals surface area contributed by atoms with E-state index >= 15 is 0 Å². The van der Waals surface area contributed by atoms with Crippen LogP contribution >= 0.6 is 11.3 Å². The fourth-order valence-corrected chi connectivity index (χ4v) is 5.12. The van der Waals surface area contributed by atoms with Gasteiger partial charge in [0.05, 0.1) is 5.75 Å². The summed E-state index contributed by atoms with van der Waals surface area (Å²) in [5.41, 5.74) is 2.71. The lowest BCUT2D eigenvalue weighted by Crippen LogP contribution is -2.20. The van der Waals surface area contributed by atoms with E-state index in [1.165, 1.54) is 0 Å². The number of carbonyl (C=O) groups excluding carboxylic acids is 1. The Balaban J connectivity index is 1.62. The van der Waals surface area contributed by atoms with Crippen molar-refractivity contribution in [2.24, 2.45) is 0 Å². The summed E-state index contributed by atoms with van der Waals surface area (Å²) in [6, 6.07) is 14.7. The molecule has 158 valence electrons. The second kappa shape index (κ2) is 9.36. The molecule has 0 saturated heterocycles. The SMILES string of the molecule is Cc1ccc(C(C)C)c(OCC(=O)Nc2nnc(S(=O)(=O)Cc3ccccc3)s2)c1. The first-order valence-electron chi connectivity index (χ1n) is 9.38. The molecular formula is C21H23N3O4S2. The molecule has 9 heteroatoms. The molecule has 0 aliphatic heterocycles. The van der Waals surface area contributed by atoms with E-state index in [1.807, 2.05) is 31.2 Å². The van der Waals surface area contributed by atoms with Gasteiger partial charge in [0.25, 0.3) is 5.91 Å². The minimum absolute atomic E-state index is 0.114. The molecule has 0 unspecified atom stereocenters. The molecule has 0 fully saturated rings. The predicted octanol–water partition coefficient (Wildman–Crippen LogP) is 3.96. The van der Waals surface area contributed by atoms with E-state index in [-0.39, 0.29) is 27.7 Å². The number of nitrogens with zero attached hydrogens (tertiary/aromatic N) is 2. The molecule has 0 atom stereocenters. The third-order valence-corrected chi connectivity index (χ3v) is 7.24. The number of ether oxygens (including phenoxy) is 1. The first kappa shape index (κ1) is 21.9. The standard InChI is InChI=1S/C21H23N3O4S2/c1-14(2)17-10-9-15(3)11-18(17)28-12-19(25)22-20-23-24-21(29-20)30(26,27)13-16-7-5-4-6-8-16/h4-11,14H,12-13H2,1-3H3,(H,22,23,25). The maximum atomic E-state index is 12.5. The van der Waals surface area contributed by atoms with E-state index in [0.29, 0.717) is 11.3 Å². The maximum Gasteiger partial charge on any atom is 0.264 e. The Bertz CT molecular complexity index is 1130. The minimum atomic E-state index is -3.64. The van der Waals surface area contributed by atoms with E-state index in [0.717, 1.165) is 22.5 Å². The topological polar surface area (TPSA) is 98.2 Å². The summed E-state index contributed by atoms with van der Waals surface area (Å²) in [6.07, 6.45) is 0. The lowest BCUT2D eigenvalue weighted by Gasteiger charge is -2.14. The van der Waals surface area contributed by atoms with Gasteiger partial charge in [-0.05, 0) is 35.6 Å². The van der Waals surface area contributed by atoms with Crippen LogP contribution in [0.15, 0.2) is 52.9 Å². The summed E-state index contributed by atoms with van der Waals surface area (Å²) < 4.78 is 30.6. The molecule has 0 spiro atoms. The van der Waals surface area contributed by atoms with Crippen molar-refractivity contribution in [1.82, 2.24) is 10.2 Å². The molecule has 0 radical (unpaired) electrons. The average molecular weight is 446 g/mol. The van der Waals surface area contributed by atoms with Crippen molar-refractivity contribution in [3.05, 3.63) is 65.2 Å². The molecule has 3 aromatic rings. The Morgan fingerprint density at radius 3 is 2.57 bits per heavy atom. The fourth-order valence-electron chi connectivity index (χ4n) is 2.78. The first-order valence-corrected chi connectivity index (χ1v) is 11.8. The van der Waals surface area contributed by atoms with Crippen LogP contribution in [0.1, 0.15) is 36.5 Å². The number of nitrogens with one attached hydrogen (secondary N) is 1. The molecule has 1 N–H and O–H groups in total. The van der Waals surface area contributed by atoms with Crippen LogP contribution in [0, 0.1) is 6.92 Å². The normalized spacial score (nSPS) is 11.5. The molecule has 0 bridgehead atoms. The number of aromatic nitrogens is 2. The van der Waals surface area contributed by atoms with Crippen molar-refractivity contribution in [2.75, 3.05) is 11.9 Å². The smallest absolute Gasteiger partial charge is 0.264 e. The molecule has 30 heavy (non-hydrogen) atoms. The van der Waals surface area contributed by atoms with E-state index < -0.39 is 15.7 Å². The van der Waals surface area contributed by atoms with Crippen molar-refractivity contribution in [3.8, 4) is 5.75 Å². The molecule has 3 rings (SSSR count). The third kappa shape index (κ3) is 5.64. The van der Waals surface area contributed by atoms with Crippen molar-refractivity contribution in [2.45, 2.75) is 36.8 Å². The Morgan fingerprint density at radius 2 is 1.87 bits per heavy atom. The van der Waals surface area contributed by atoms with Gasteiger partial charge in [0.2, 0.25) is 19.3 Å². The molecule has 0 aliphatic rings. The van der Waals surface area contributed by atoms with Gasteiger partial charge in [0.15, 0.2) is 6.61 Å². The zero-order chi connectivity index (χ0) is 21.7. The summed E-state index contributed by atoms with van der Waals surface area (Å²) in [5.74, 6) is 0.298. The quantitative estimate of drug-likeness (QED) is 0.527. The van der Waals surface area contributed by atoms with Crippen LogP contribution in [0.3, 0.4) is 0 Å². The van der Waals surface area contributed by atoms with Gasteiger partial charge in [0.1, 0.15) is 5.75 Å². The number of amides is 1. The van der Waals surface area contributed by atoms with E-state index in [9.17, 15) is 13.2 Å². The van der Waals surface area contributed by atoms with Gasteiger partial charge in [0, 0.05) is 0 Å². The second-order valence-corrected chi connectivity index (χ2v) is 10.3. The highest BCUT2D eigenvalue weighted by Gasteiger charge is 2.22. The number of rotatable bonds is 8. The van der Waals surface area contributed by atoms with Gasteiger partial charge >= 0.3 is 0 Å². The third-order valence-electron chi connectivity index (χ3n) is 4.27.